The molecule has 0 aromatic rings. The van der Waals surface area contributed by atoms with E-state index in [1.54, 1.807) is 27.7 Å². The summed E-state index contributed by atoms with van der Waals surface area (Å²) < 4.78 is 0. The Hall–Kier alpha value is -1.61. The van der Waals surface area contributed by atoms with E-state index >= 15 is 0 Å². The summed E-state index contributed by atoms with van der Waals surface area (Å²) in [7, 11) is 0. The first-order valence-electron chi connectivity index (χ1n) is 7.80. The molecular weight excluding hydrogens is 392 g/mol. The van der Waals surface area contributed by atoms with Gasteiger partial charge in [-0.15, -0.1) is 13.2 Å². The fourth-order valence-corrected chi connectivity index (χ4v) is 0.788. The molecule has 0 atom stereocenters. The van der Waals surface area contributed by atoms with Gasteiger partial charge in [0.2, 0.25) is 0 Å². The zero-order chi connectivity index (χ0) is 21.7. The van der Waals surface area contributed by atoms with Gasteiger partial charge in [-0.1, -0.05) is 12.2 Å². The number of aliphatic carboxylic acids is 2. The SMILES string of the molecule is C=CCC(=O)CC(=O)[O-].C=CCC(=O)CC(=O)[O-].CC(C)O.CC(C)O.[Ti+2]. The molecule has 0 aliphatic heterocycles. The number of rotatable bonds is 8. The third-order valence-corrected chi connectivity index (χ3v) is 1.43. The summed E-state index contributed by atoms with van der Waals surface area (Å²) in [6.45, 7) is 13.4. The van der Waals surface area contributed by atoms with Gasteiger partial charge in [0.15, 0.2) is 0 Å². The number of Topliss-reactive ketones (excluding diaryl/α,β-unsaturated/α-hetero) is 2. The van der Waals surface area contributed by atoms with Crippen LogP contribution >= 0.6 is 0 Å². The summed E-state index contributed by atoms with van der Waals surface area (Å²) >= 11 is 0. The molecule has 0 saturated carbocycles. The molecule has 0 aliphatic carbocycles. The van der Waals surface area contributed by atoms with Crippen molar-refractivity contribution in [1.82, 2.24) is 0 Å². The fraction of sp³-hybridized carbons (Fsp3) is 0.556. The van der Waals surface area contributed by atoms with Crippen molar-refractivity contribution in [2.24, 2.45) is 0 Å². The van der Waals surface area contributed by atoms with Gasteiger partial charge >= 0.3 is 21.7 Å². The van der Waals surface area contributed by atoms with Crippen LogP contribution in [0.4, 0.5) is 0 Å². The molecule has 0 saturated heterocycles. The number of hydrogen-bond acceptors (Lipinski definition) is 8. The van der Waals surface area contributed by atoms with Crippen molar-refractivity contribution in [3.63, 3.8) is 0 Å². The standard InChI is InChI=1S/2C6H8O3.2C3H8O.Ti/c2*1-2-3-5(7)4-6(8)9;2*1-3(2)4;/h2*2H,1,3-4H2,(H,8,9);2*3-4H,1-2H3;/q;;;;+2/p-2. The Kier molecular flexibility index (Phi) is 35.8. The normalized spacial score (nSPS) is 8.30. The van der Waals surface area contributed by atoms with Crippen molar-refractivity contribution in [3.05, 3.63) is 25.3 Å². The minimum atomic E-state index is -1.33. The summed E-state index contributed by atoms with van der Waals surface area (Å²) in [5.41, 5.74) is 0. The summed E-state index contributed by atoms with van der Waals surface area (Å²) in [5.74, 6) is -3.40. The topological polar surface area (TPSA) is 155 Å². The first kappa shape index (κ1) is 36.3. The van der Waals surface area contributed by atoms with E-state index in [1.165, 1.54) is 12.2 Å². The Morgan fingerprint density at radius 2 is 0.963 bits per heavy atom. The molecule has 0 aromatic carbocycles. The van der Waals surface area contributed by atoms with Gasteiger partial charge in [-0.25, -0.2) is 0 Å². The summed E-state index contributed by atoms with van der Waals surface area (Å²) in [6, 6.07) is 0. The smallest absolute Gasteiger partial charge is 0.550 e. The Bertz CT molecular complexity index is 386. The van der Waals surface area contributed by atoms with E-state index in [0.717, 1.165) is 0 Å². The number of ketones is 2. The minimum Gasteiger partial charge on any atom is -0.550 e. The maximum absolute atomic E-state index is 10.4. The average Bonchev–Trinajstić information content (AvgIpc) is 2.36. The van der Waals surface area contributed by atoms with Crippen LogP contribution in [0.5, 0.6) is 0 Å². The van der Waals surface area contributed by atoms with Crippen LogP contribution in [0.3, 0.4) is 0 Å². The molecule has 154 valence electrons. The second-order valence-corrected chi connectivity index (χ2v) is 5.35. The van der Waals surface area contributed by atoms with Gasteiger partial charge in [0, 0.05) is 49.8 Å². The second kappa shape index (κ2) is 26.6. The summed E-state index contributed by atoms with van der Waals surface area (Å²) in [4.78, 5) is 40.2. The number of carbonyl (C=O) groups is 4. The number of aliphatic hydroxyl groups is 2. The van der Waals surface area contributed by atoms with E-state index in [4.69, 9.17) is 10.2 Å². The minimum absolute atomic E-state index is 0. The Balaban J connectivity index is -0.0000000843. The first-order valence-corrected chi connectivity index (χ1v) is 7.80. The van der Waals surface area contributed by atoms with Crippen molar-refractivity contribution in [2.75, 3.05) is 0 Å². The zero-order valence-electron chi connectivity index (χ0n) is 16.4. The predicted octanol–water partition coefficient (Wildman–Crippen LogP) is -0.685. The predicted molar refractivity (Wildman–Crippen MR) is 93.6 cm³/mol. The molecule has 0 spiro atoms. The maximum Gasteiger partial charge on any atom is 2.00 e. The van der Waals surface area contributed by atoms with Crippen LogP contribution in [0, 0.1) is 0 Å². The van der Waals surface area contributed by atoms with Crippen molar-refractivity contribution in [3.8, 4) is 0 Å². The number of carbonyl (C=O) groups excluding carboxylic acids is 4. The third kappa shape index (κ3) is 79.6. The van der Waals surface area contributed by atoms with E-state index in [-0.39, 0.29) is 58.3 Å². The zero-order valence-corrected chi connectivity index (χ0v) is 18.0. The van der Waals surface area contributed by atoms with Crippen molar-refractivity contribution >= 4 is 23.5 Å². The van der Waals surface area contributed by atoms with Gasteiger partial charge in [-0.2, -0.15) is 0 Å². The molecule has 0 aromatic heterocycles. The van der Waals surface area contributed by atoms with Gasteiger partial charge in [0.25, 0.3) is 0 Å². The number of carboxylic acids is 2. The van der Waals surface area contributed by atoms with Crippen LogP contribution in [0.1, 0.15) is 53.4 Å². The van der Waals surface area contributed by atoms with E-state index in [0.29, 0.717) is 0 Å². The van der Waals surface area contributed by atoms with Gasteiger partial charge in [-0.05, 0) is 27.7 Å². The molecular formula is C18H30O8Ti. The summed E-state index contributed by atoms with van der Waals surface area (Å²) in [5, 5.41) is 35.5. The number of carboxylic acid groups (broad SMARTS) is 2. The number of allylic oxidation sites excluding steroid dienone is 2. The number of aliphatic hydroxyl groups excluding tert-OH is 2. The van der Waals surface area contributed by atoms with E-state index in [2.05, 4.69) is 13.2 Å². The van der Waals surface area contributed by atoms with Crippen LogP contribution in [-0.2, 0) is 40.9 Å². The molecule has 2 N–H and O–H groups in total. The average molecular weight is 422 g/mol. The molecule has 27 heavy (non-hydrogen) atoms. The molecule has 0 fully saturated rings. The Morgan fingerprint density at radius 3 is 1.07 bits per heavy atom. The third-order valence-electron chi connectivity index (χ3n) is 1.43. The molecule has 0 amide bonds. The van der Waals surface area contributed by atoms with Crippen LogP contribution in [-0.4, -0.2) is 45.9 Å². The molecule has 0 aliphatic rings. The fourth-order valence-electron chi connectivity index (χ4n) is 0.788. The molecule has 0 bridgehead atoms. The van der Waals surface area contributed by atoms with Crippen LogP contribution in [0.15, 0.2) is 25.3 Å². The first-order chi connectivity index (χ1) is 11.8. The molecule has 8 nitrogen and oxygen atoms in total. The molecule has 0 rings (SSSR count). The van der Waals surface area contributed by atoms with Gasteiger partial charge in [-0.3, -0.25) is 9.59 Å². The van der Waals surface area contributed by atoms with Crippen LogP contribution in [0.2, 0.25) is 0 Å². The van der Waals surface area contributed by atoms with Gasteiger partial charge in [0.05, 0.1) is 0 Å². The molecule has 0 heterocycles. The maximum atomic E-state index is 10.4. The molecule has 9 heteroatoms. The quantitative estimate of drug-likeness (QED) is 0.296. The monoisotopic (exact) mass is 422 g/mol. The summed E-state index contributed by atoms with van der Waals surface area (Å²) in [6.07, 6.45) is 1.59. The molecule has 0 unspecified atom stereocenters. The van der Waals surface area contributed by atoms with Crippen LogP contribution in [0.25, 0.3) is 0 Å². The Morgan fingerprint density at radius 1 is 0.778 bits per heavy atom. The largest absolute Gasteiger partial charge is 2.00 e. The van der Waals surface area contributed by atoms with E-state index in [1.807, 2.05) is 0 Å². The Labute approximate surface area is 175 Å². The molecule has 0 radical (unpaired) electrons. The van der Waals surface area contributed by atoms with E-state index in [9.17, 15) is 29.4 Å². The van der Waals surface area contributed by atoms with E-state index < -0.39 is 24.8 Å². The van der Waals surface area contributed by atoms with Crippen molar-refractivity contribution in [1.29, 1.82) is 0 Å². The van der Waals surface area contributed by atoms with Crippen LogP contribution < -0.4 is 10.2 Å². The van der Waals surface area contributed by atoms with Gasteiger partial charge in [0.1, 0.15) is 11.6 Å². The van der Waals surface area contributed by atoms with Gasteiger partial charge < -0.3 is 30.0 Å². The van der Waals surface area contributed by atoms with Crippen molar-refractivity contribution < 1.29 is 61.3 Å². The van der Waals surface area contributed by atoms with Crippen molar-refractivity contribution in [2.45, 2.75) is 65.6 Å². The second-order valence-electron chi connectivity index (χ2n) is 5.35. The number of hydrogen-bond donors (Lipinski definition) is 2.